The zero-order chi connectivity index (χ0) is 15.5. The third-order valence-electron chi connectivity index (χ3n) is 4.46. The molecule has 2 aliphatic rings. The Morgan fingerprint density at radius 3 is 2.43 bits per heavy atom. The van der Waals surface area contributed by atoms with E-state index in [-0.39, 0.29) is 24.4 Å². The van der Waals surface area contributed by atoms with Crippen molar-refractivity contribution in [2.45, 2.75) is 51.1 Å². The number of hydrogen-bond acceptors (Lipinski definition) is 4. The van der Waals surface area contributed by atoms with Gasteiger partial charge in [0.15, 0.2) is 0 Å². The Bertz CT molecular complexity index is 428. The largest absolute Gasteiger partial charge is 0.352 e. The molecular weight excluding hydrogens is 272 g/mol. The minimum absolute atomic E-state index is 0.127. The molecule has 4 amide bonds. The van der Waals surface area contributed by atoms with Crippen LogP contribution in [0.2, 0.25) is 0 Å². The first-order valence-corrected chi connectivity index (χ1v) is 7.66. The second-order valence-electron chi connectivity index (χ2n) is 5.70. The third-order valence-corrected chi connectivity index (χ3v) is 4.46. The Morgan fingerprint density at radius 1 is 1.29 bits per heavy atom. The fourth-order valence-electron chi connectivity index (χ4n) is 2.93. The number of carbonyl (C=O) groups excluding carboxylic acids is 3. The normalized spacial score (nSPS) is 22.3. The van der Waals surface area contributed by atoms with Crippen molar-refractivity contribution in [2.75, 3.05) is 19.6 Å². The fraction of sp³-hybridized carbons (Fsp3) is 0.786. The quantitative estimate of drug-likeness (QED) is 0.621. The summed E-state index contributed by atoms with van der Waals surface area (Å²) in [5.41, 5.74) is -0.841. The molecule has 0 aromatic rings. The summed E-state index contributed by atoms with van der Waals surface area (Å²) in [7, 11) is 0. The highest BCUT2D eigenvalue weighted by atomic mass is 16.2. The van der Waals surface area contributed by atoms with E-state index in [1.165, 1.54) is 0 Å². The van der Waals surface area contributed by atoms with E-state index in [4.69, 9.17) is 0 Å². The minimum atomic E-state index is -0.841. The first-order valence-electron chi connectivity index (χ1n) is 7.66. The molecule has 0 unspecified atom stereocenters. The van der Waals surface area contributed by atoms with Crippen LogP contribution in [0.4, 0.5) is 4.79 Å². The van der Waals surface area contributed by atoms with Crippen LogP contribution in [0.15, 0.2) is 0 Å². The SMILES string of the molecule is CCC1(CC)NC(=O)N(CC(=O)NC2CCNCC2)C1=O. The Balaban J connectivity index is 1.94. The molecule has 7 heteroatoms. The molecule has 7 nitrogen and oxygen atoms in total. The summed E-state index contributed by atoms with van der Waals surface area (Å²) >= 11 is 0. The van der Waals surface area contributed by atoms with Gasteiger partial charge in [0.25, 0.3) is 5.91 Å². The highest BCUT2D eigenvalue weighted by Crippen LogP contribution is 2.24. The van der Waals surface area contributed by atoms with Crippen molar-refractivity contribution < 1.29 is 14.4 Å². The van der Waals surface area contributed by atoms with Gasteiger partial charge < -0.3 is 16.0 Å². The fourth-order valence-corrected chi connectivity index (χ4v) is 2.93. The van der Waals surface area contributed by atoms with Crippen LogP contribution < -0.4 is 16.0 Å². The van der Waals surface area contributed by atoms with Crippen molar-refractivity contribution in [1.82, 2.24) is 20.9 Å². The van der Waals surface area contributed by atoms with Gasteiger partial charge in [0.05, 0.1) is 0 Å². The van der Waals surface area contributed by atoms with E-state index in [0.717, 1.165) is 30.8 Å². The molecule has 0 bridgehead atoms. The van der Waals surface area contributed by atoms with Gasteiger partial charge in [-0.3, -0.25) is 14.5 Å². The summed E-state index contributed by atoms with van der Waals surface area (Å²) < 4.78 is 0. The van der Waals surface area contributed by atoms with Crippen molar-refractivity contribution in [3.05, 3.63) is 0 Å². The Kier molecular flexibility index (Phi) is 4.82. The minimum Gasteiger partial charge on any atom is -0.352 e. The second kappa shape index (κ2) is 6.43. The summed E-state index contributed by atoms with van der Waals surface area (Å²) in [6.45, 7) is 5.28. The highest BCUT2D eigenvalue weighted by Gasteiger charge is 2.49. The van der Waals surface area contributed by atoms with Crippen LogP contribution >= 0.6 is 0 Å². The van der Waals surface area contributed by atoms with Crippen LogP contribution in [0.1, 0.15) is 39.5 Å². The third kappa shape index (κ3) is 3.18. The molecule has 0 aromatic carbocycles. The van der Waals surface area contributed by atoms with Gasteiger partial charge in [0, 0.05) is 6.04 Å². The van der Waals surface area contributed by atoms with Crippen LogP contribution in [0, 0.1) is 0 Å². The van der Waals surface area contributed by atoms with Gasteiger partial charge >= 0.3 is 6.03 Å². The molecule has 2 saturated heterocycles. The van der Waals surface area contributed by atoms with E-state index in [2.05, 4.69) is 16.0 Å². The summed E-state index contributed by atoms with van der Waals surface area (Å²) in [6, 6.07) is -0.342. The Hall–Kier alpha value is -1.63. The molecule has 2 aliphatic heterocycles. The lowest BCUT2D eigenvalue weighted by atomic mass is 9.93. The van der Waals surface area contributed by atoms with Crippen molar-refractivity contribution in [2.24, 2.45) is 0 Å². The number of nitrogens with one attached hydrogen (secondary N) is 3. The average Bonchev–Trinajstić information content (AvgIpc) is 2.73. The highest BCUT2D eigenvalue weighted by molar-refractivity contribution is 6.08. The summed E-state index contributed by atoms with van der Waals surface area (Å²) in [6.07, 6.45) is 2.81. The zero-order valence-electron chi connectivity index (χ0n) is 12.7. The van der Waals surface area contributed by atoms with Crippen LogP contribution in [0.5, 0.6) is 0 Å². The van der Waals surface area contributed by atoms with Gasteiger partial charge in [-0.25, -0.2) is 4.79 Å². The number of piperidine rings is 1. The van der Waals surface area contributed by atoms with Gasteiger partial charge in [-0.1, -0.05) is 13.8 Å². The molecule has 2 heterocycles. The number of rotatable bonds is 5. The first kappa shape index (κ1) is 15.8. The zero-order valence-corrected chi connectivity index (χ0v) is 12.7. The van der Waals surface area contributed by atoms with Gasteiger partial charge in [0.2, 0.25) is 5.91 Å². The van der Waals surface area contributed by atoms with Gasteiger partial charge in [-0.05, 0) is 38.8 Å². The molecule has 2 fully saturated rings. The van der Waals surface area contributed by atoms with Crippen molar-refractivity contribution in [1.29, 1.82) is 0 Å². The molecular formula is C14H24N4O3. The maximum Gasteiger partial charge on any atom is 0.325 e. The molecule has 2 rings (SSSR count). The topological polar surface area (TPSA) is 90.5 Å². The lowest BCUT2D eigenvalue weighted by Crippen LogP contribution is -2.49. The van der Waals surface area contributed by atoms with E-state index in [9.17, 15) is 14.4 Å². The molecule has 0 aliphatic carbocycles. The van der Waals surface area contributed by atoms with E-state index in [1.807, 2.05) is 13.8 Å². The standard InChI is InChI=1S/C14H24N4O3/c1-3-14(4-2)12(20)18(13(21)17-14)9-11(19)16-10-5-7-15-8-6-10/h10,15H,3-9H2,1-2H3,(H,16,19)(H,17,21). The van der Waals surface area contributed by atoms with Crippen molar-refractivity contribution in [3.63, 3.8) is 0 Å². The van der Waals surface area contributed by atoms with E-state index < -0.39 is 11.6 Å². The Labute approximate surface area is 124 Å². The molecule has 21 heavy (non-hydrogen) atoms. The van der Waals surface area contributed by atoms with E-state index in [0.29, 0.717) is 12.8 Å². The lowest BCUT2D eigenvalue weighted by Gasteiger charge is -2.25. The summed E-state index contributed by atoms with van der Waals surface area (Å²) in [5.74, 6) is -0.564. The number of amides is 4. The molecule has 0 aromatic heterocycles. The Morgan fingerprint density at radius 2 is 1.90 bits per heavy atom. The van der Waals surface area contributed by atoms with Crippen LogP contribution in [0.25, 0.3) is 0 Å². The van der Waals surface area contributed by atoms with E-state index in [1.54, 1.807) is 0 Å². The van der Waals surface area contributed by atoms with Crippen molar-refractivity contribution >= 4 is 17.8 Å². The average molecular weight is 296 g/mol. The van der Waals surface area contributed by atoms with Crippen LogP contribution in [0.3, 0.4) is 0 Å². The number of urea groups is 1. The maximum atomic E-state index is 12.4. The second-order valence-corrected chi connectivity index (χ2v) is 5.70. The lowest BCUT2D eigenvalue weighted by molar-refractivity contribution is -0.135. The van der Waals surface area contributed by atoms with Crippen LogP contribution in [-0.2, 0) is 9.59 Å². The van der Waals surface area contributed by atoms with Gasteiger partial charge in [-0.2, -0.15) is 0 Å². The smallest absolute Gasteiger partial charge is 0.325 e. The van der Waals surface area contributed by atoms with Crippen LogP contribution in [-0.4, -0.2) is 54.0 Å². The van der Waals surface area contributed by atoms with Gasteiger partial charge in [-0.15, -0.1) is 0 Å². The number of imide groups is 1. The predicted octanol–water partition coefficient (Wildman–Crippen LogP) is -0.0348. The summed E-state index contributed by atoms with van der Waals surface area (Å²) in [4.78, 5) is 37.4. The maximum absolute atomic E-state index is 12.4. The van der Waals surface area contributed by atoms with E-state index >= 15 is 0 Å². The number of nitrogens with zero attached hydrogens (tertiary/aromatic N) is 1. The monoisotopic (exact) mass is 296 g/mol. The molecule has 0 saturated carbocycles. The molecule has 3 N–H and O–H groups in total. The molecule has 0 atom stereocenters. The molecule has 0 spiro atoms. The molecule has 118 valence electrons. The summed E-state index contributed by atoms with van der Waals surface area (Å²) in [5, 5.41) is 8.84. The number of carbonyl (C=O) groups is 3. The van der Waals surface area contributed by atoms with Gasteiger partial charge in [0.1, 0.15) is 12.1 Å². The number of hydrogen-bond donors (Lipinski definition) is 3. The molecule has 0 radical (unpaired) electrons. The first-order chi connectivity index (χ1) is 10.0. The predicted molar refractivity (Wildman–Crippen MR) is 77.6 cm³/mol. The van der Waals surface area contributed by atoms with Crippen molar-refractivity contribution in [3.8, 4) is 0 Å².